The summed E-state index contributed by atoms with van der Waals surface area (Å²) in [7, 11) is 0. The molecular weight excluding hydrogens is 366 g/mol. The lowest BCUT2D eigenvalue weighted by Crippen LogP contribution is -2.12. The Morgan fingerprint density at radius 3 is 2.96 bits per heavy atom. The summed E-state index contributed by atoms with van der Waals surface area (Å²) in [6.07, 6.45) is 2.57. The Morgan fingerprint density at radius 2 is 2.19 bits per heavy atom. The second-order valence-corrected chi connectivity index (χ2v) is 6.82. The van der Waals surface area contributed by atoms with Gasteiger partial charge < -0.3 is 19.8 Å². The molecule has 3 N–H and O–H groups in total. The van der Waals surface area contributed by atoms with Gasteiger partial charge in [0.2, 0.25) is 0 Å². The number of thiazole rings is 1. The summed E-state index contributed by atoms with van der Waals surface area (Å²) in [5.74, 6) is -0.196. The van der Waals surface area contributed by atoms with Gasteiger partial charge in [0.05, 0.1) is 36.3 Å². The lowest BCUT2D eigenvalue weighted by molar-refractivity contribution is -0.0557. The van der Waals surface area contributed by atoms with Gasteiger partial charge in [0.25, 0.3) is 5.91 Å². The Hall–Kier alpha value is -2.33. The molecule has 0 aliphatic carbocycles. The highest BCUT2D eigenvalue weighted by atomic mass is 32.1. The fourth-order valence-corrected chi connectivity index (χ4v) is 3.17. The zero-order valence-corrected chi connectivity index (χ0v) is 16.0. The van der Waals surface area contributed by atoms with Crippen molar-refractivity contribution in [1.29, 1.82) is 0 Å². The zero-order chi connectivity index (χ0) is 19.1. The van der Waals surface area contributed by atoms with Crippen molar-refractivity contribution in [3.05, 3.63) is 41.2 Å². The van der Waals surface area contributed by atoms with Crippen LogP contribution in [-0.4, -0.2) is 47.0 Å². The second-order valence-electron chi connectivity index (χ2n) is 5.97. The molecule has 0 unspecified atom stereocenters. The summed E-state index contributed by atoms with van der Waals surface area (Å²) < 4.78 is 12.7. The first-order valence-electron chi connectivity index (χ1n) is 8.71. The van der Waals surface area contributed by atoms with Crippen LogP contribution >= 0.6 is 11.3 Å². The van der Waals surface area contributed by atoms with Crippen molar-refractivity contribution in [3.63, 3.8) is 0 Å². The van der Waals surface area contributed by atoms with Gasteiger partial charge in [-0.25, -0.2) is 9.97 Å². The van der Waals surface area contributed by atoms with Gasteiger partial charge in [-0.3, -0.25) is 10.1 Å². The van der Waals surface area contributed by atoms with Gasteiger partial charge in [-0.15, -0.1) is 11.3 Å². The normalized spacial score (nSPS) is 11.2. The number of anilines is 1. The lowest BCUT2D eigenvalue weighted by atomic mass is 10.2. The highest BCUT2D eigenvalue weighted by molar-refractivity contribution is 7.13. The average Bonchev–Trinajstić information content (AvgIpc) is 3.26. The molecule has 2 aromatic heterocycles. The van der Waals surface area contributed by atoms with Gasteiger partial charge in [0, 0.05) is 17.5 Å². The van der Waals surface area contributed by atoms with E-state index in [9.17, 15) is 4.79 Å². The van der Waals surface area contributed by atoms with Crippen molar-refractivity contribution < 1.29 is 14.3 Å². The number of aromatic nitrogens is 3. The van der Waals surface area contributed by atoms with E-state index in [0.29, 0.717) is 37.0 Å². The van der Waals surface area contributed by atoms with E-state index in [4.69, 9.17) is 15.2 Å². The number of fused-ring (bicyclic) bond motifs is 1. The zero-order valence-electron chi connectivity index (χ0n) is 15.2. The van der Waals surface area contributed by atoms with E-state index in [-0.39, 0.29) is 12.7 Å². The van der Waals surface area contributed by atoms with Gasteiger partial charge in [-0.05, 0) is 38.1 Å². The van der Waals surface area contributed by atoms with E-state index in [2.05, 4.69) is 15.3 Å². The van der Waals surface area contributed by atoms with E-state index in [1.165, 1.54) is 11.3 Å². The monoisotopic (exact) mass is 389 g/mol. The predicted molar refractivity (Wildman–Crippen MR) is 105 cm³/mol. The first-order chi connectivity index (χ1) is 13.2. The van der Waals surface area contributed by atoms with Crippen LogP contribution in [0.4, 0.5) is 5.13 Å². The number of hydrogen-bond donors (Lipinski definition) is 2. The first-order valence-corrected chi connectivity index (χ1v) is 9.59. The largest absolute Gasteiger partial charge is 0.355 e. The van der Waals surface area contributed by atoms with Crippen LogP contribution in [0.15, 0.2) is 29.9 Å². The second kappa shape index (κ2) is 9.56. The summed E-state index contributed by atoms with van der Waals surface area (Å²) in [6, 6.07) is 5.45. The molecule has 2 heterocycles. The molecule has 0 aliphatic rings. The van der Waals surface area contributed by atoms with Crippen LogP contribution in [0.3, 0.4) is 0 Å². The van der Waals surface area contributed by atoms with Gasteiger partial charge in [0.1, 0.15) is 6.79 Å². The molecule has 0 saturated heterocycles. The molecule has 8 nitrogen and oxygen atoms in total. The van der Waals surface area contributed by atoms with Crippen molar-refractivity contribution in [3.8, 4) is 0 Å². The van der Waals surface area contributed by atoms with Gasteiger partial charge in [-0.1, -0.05) is 0 Å². The SMILES string of the molecule is Cc1csc(NC(=O)c2ccc3c(c2)ncn3CCOCOCCCN)n1. The lowest BCUT2D eigenvalue weighted by Gasteiger charge is -2.07. The summed E-state index contributed by atoms with van der Waals surface area (Å²) in [6.45, 7) is 4.54. The quantitative estimate of drug-likeness (QED) is 0.408. The van der Waals surface area contributed by atoms with Crippen molar-refractivity contribution >= 4 is 33.4 Å². The summed E-state index contributed by atoms with van der Waals surface area (Å²) in [5, 5.41) is 5.29. The number of carbonyl (C=O) groups excluding carboxylic acids is 1. The fraction of sp³-hybridized carbons (Fsp3) is 0.389. The highest BCUT2D eigenvalue weighted by Crippen LogP contribution is 2.18. The molecule has 1 aromatic carbocycles. The van der Waals surface area contributed by atoms with Crippen molar-refractivity contribution in [1.82, 2.24) is 14.5 Å². The number of nitrogens with zero attached hydrogens (tertiary/aromatic N) is 3. The van der Waals surface area contributed by atoms with Crippen LogP contribution in [0.2, 0.25) is 0 Å². The van der Waals surface area contributed by atoms with Crippen LogP contribution in [-0.2, 0) is 16.0 Å². The minimum Gasteiger partial charge on any atom is -0.355 e. The molecular formula is C18H23N5O3S. The maximum absolute atomic E-state index is 12.4. The Kier molecular flexibility index (Phi) is 6.88. The van der Waals surface area contributed by atoms with E-state index < -0.39 is 0 Å². The molecule has 3 rings (SSSR count). The molecule has 3 aromatic rings. The topological polar surface area (TPSA) is 104 Å². The minimum absolute atomic E-state index is 0.196. The fourth-order valence-electron chi connectivity index (χ4n) is 2.49. The molecule has 0 saturated carbocycles. The third kappa shape index (κ3) is 5.33. The number of carbonyl (C=O) groups is 1. The number of imidazole rings is 1. The maximum Gasteiger partial charge on any atom is 0.257 e. The van der Waals surface area contributed by atoms with Crippen molar-refractivity contribution in [2.45, 2.75) is 19.9 Å². The summed E-state index contributed by atoms with van der Waals surface area (Å²) in [4.78, 5) is 21.0. The maximum atomic E-state index is 12.4. The Balaban J connectivity index is 1.55. The van der Waals surface area contributed by atoms with Gasteiger partial charge in [0.15, 0.2) is 5.13 Å². The van der Waals surface area contributed by atoms with E-state index in [0.717, 1.165) is 23.1 Å². The highest BCUT2D eigenvalue weighted by Gasteiger charge is 2.11. The van der Waals surface area contributed by atoms with Gasteiger partial charge >= 0.3 is 0 Å². The standard InChI is InChI=1S/C18H23N5O3S/c1-13-10-27-18(21-13)22-17(24)14-3-4-16-15(9-14)20-11-23(16)6-8-26-12-25-7-2-5-19/h3-4,9-11H,2,5-8,12,19H2,1H3,(H,21,22,24). The van der Waals surface area contributed by atoms with Crippen LogP contribution in [0.1, 0.15) is 22.5 Å². The van der Waals surface area contributed by atoms with Crippen LogP contribution in [0.25, 0.3) is 11.0 Å². The number of rotatable bonds is 10. The number of ether oxygens (including phenoxy) is 2. The molecule has 9 heteroatoms. The molecule has 144 valence electrons. The smallest absolute Gasteiger partial charge is 0.257 e. The molecule has 0 aliphatic heterocycles. The first kappa shape index (κ1) is 19.4. The molecule has 0 bridgehead atoms. The Morgan fingerprint density at radius 1 is 1.33 bits per heavy atom. The van der Waals surface area contributed by atoms with Crippen LogP contribution in [0, 0.1) is 6.92 Å². The van der Waals surface area contributed by atoms with E-state index in [1.807, 2.05) is 22.9 Å². The van der Waals surface area contributed by atoms with Crippen molar-refractivity contribution in [2.75, 3.05) is 31.9 Å². The Labute approximate surface area is 161 Å². The molecule has 0 fully saturated rings. The van der Waals surface area contributed by atoms with Gasteiger partial charge in [-0.2, -0.15) is 0 Å². The van der Waals surface area contributed by atoms with Crippen LogP contribution < -0.4 is 11.1 Å². The third-order valence-electron chi connectivity index (χ3n) is 3.86. The molecule has 1 amide bonds. The van der Waals surface area contributed by atoms with Crippen molar-refractivity contribution in [2.24, 2.45) is 5.73 Å². The molecule has 0 atom stereocenters. The van der Waals surface area contributed by atoms with Crippen LogP contribution in [0.5, 0.6) is 0 Å². The summed E-state index contributed by atoms with van der Waals surface area (Å²) >= 11 is 1.40. The predicted octanol–water partition coefficient (Wildman–Crippen LogP) is 2.39. The van der Waals surface area contributed by atoms with E-state index >= 15 is 0 Å². The molecule has 0 radical (unpaired) electrons. The number of amides is 1. The summed E-state index contributed by atoms with van der Waals surface area (Å²) in [5.41, 5.74) is 8.54. The molecule has 27 heavy (non-hydrogen) atoms. The number of benzene rings is 1. The Bertz CT molecular complexity index is 892. The van der Waals surface area contributed by atoms with E-state index in [1.54, 1.807) is 18.5 Å². The number of nitrogens with two attached hydrogens (primary N) is 1. The number of aryl methyl sites for hydroxylation is 1. The number of hydrogen-bond acceptors (Lipinski definition) is 7. The number of nitrogens with one attached hydrogen (secondary N) is 1. The average molecular weight is 389 g/mol. The minimum atomic E-state index is -0.196. The molecule has 0 spiro atoms. The third-order valence-corrected chi connectivity index (χ3v) is 4.73.